The Balaban J connectivity index is 1.54. The van der Waals surface area contributed by atoms with Gasteiger partial charge in [-0.05, 0) is 55.8 Å². The first-order valence-electron chi connectivity index (χ1n) is 9.52. The fraction of sp³-hybridized carbons (Fsp3) is 0.0952. The summed E-state index contributed by atoms with van der Waals surface area (Å²) >= 11 is 1.31. The van der Waals surface area contributed by atoms with Gasteiger partial charge in [-0.1, -0.05) is 0 Å². The van der Waals surface area contributed by atoms with Crippen LogP contribution in [-0.4, -0.2) is 32.9 Å². The third-order valence-electron chi connectivity index (χ3n) is 4.89. The molecule has 5 aromatic rings. The van der Waals surface area contributed by atoms with Crippen LogP contribution in [0.3, 0.4) is 0 Å². The first kappa shape index (κ1) is 20.2. The Morgan fingerprint density at radius 3 is 2.47 bits per heavy atom. The highest BCUT2D eigenvalue weighted by molar-refractivity contribution is 7.92. The maximum absolute atomic E-state index is 13.2. The van der Waals surface area contributed by atoms with Crippen LogP contribution in [0.25, 0.3) is 26.1 Å². The second-order valence-electron chi connectivity index (χ2n) is 7.13. The molecule has 1 aromatic carbocycles. The van der Waals surface area contributed by atoms with E-state index in [1.807, 2.05) is 19.9 Å². The molecule has 0 radical (unpaired) electrons. The minimum absolute atomic E-state index is 0.0213. The molecule has 0 amide bonds. The van der Waals surface area contributed by atoms with Crippen molar-refractivity contribution >= 4 is 47.7 Å². The summed E-state index contributed by atoms with van der Waals surface area (Å²) in [6.45, 7) is 3.89. The van der Waals surface area contributed by atoms with E-state index >= 15 is 0 Å². The van der Waals surface area contributed by atoms with E-state index in [1.165, 1.54) is 46.8 Å². The zero-order chi connectivity index (χ0) is 22.5. The highest BCUT2D eigenvalue weighted by Crippen LogP contribution is 2.32. The lowest BCUT2D eigenvalue weighted by Crippen LogP contribution is -2.18. The molecule has 9 nitrogen and oxygen atoms in total. The van der Waals surface area contributed by atoms with E-state index in [0.717, 1.165) is 21.5 Å². The van der Waals surface area contributed by atoms with E-state index in [2.05, 4.69) is 24.7 Å². The maximum Gasteiger partial charge on any atom is 0.275 e. The normalized spacial score (nSPS) is 11.8. The smallest absolute Gasteiger partial charge is 0.267 e. The quantitative estimate of drug-likeness (QED) is 0.434. The van der Waals surface area contributed by atoms with Gasteiger partial charge in [-0.15, -0.1) is 11.3 Å². The molecule has 5 rings (SSSR count). The Bertz CT molecular complexity index is 1640. The number of nitrogens with zero attached hydrogens (tertiary/aromatic N) is 5. The minimum atomic E-state index is -3.87. The van der Waals surface area contributed by atoms with Gasteiger partial charge in [0.25, 0.3) is 15.6 Å². The van der Waals surface area contributed by atoms with Crippen molar-refractivity contribution in [2.75, 3.05) is 4.72 Å². The van der Waals surface area contributed by atoms with Gasteiger partial charge >= 0.3 is 0 Å². The molecular weight excluding hydrogens is 448 g/mol. The molecule has 0 aliphatic heterocycles. The SMILES string of the molecule is Cc1cc(C)c2c(n1)sc1c(=O)n(-c3ccc(S(=O)(=O)Nc4ncccn4)cc3)cnc12. The van der Waals surface area contributed by atoms with Gasteiger partial charge in [0.2, 0.25) is 5.95 Å². The summed E-state index contributed by atoms with van der Waals surface area (Å²) in [7, 11) is -3.87. The van der Waals surface area contributed by atoms with Gasteiger partial charge in [0.15, 0.2) is 0 Å². The fourth-order valence-electron chi connectivity index (χ4n) is 3.47. The van der Waals surface area contributed by atoms with Gasteiger partial charge in [-0.3, -0.25) is 9.36 Å². The summed E-state index contributed by atoms with van der Waals surface area (Å²) in [5.41, 5.74) is 2.79. The van der Waals surface area contributed by atoms with Crippen molar-refractivity contribution in [1.29, 1.82) is 0 Å². The lowest BCUT2D eigenvalue weighted by molar-refractivity contribution is 0.601. The number of fused-ring (bicyclic) bond motifs is 3. The standard InChI is InChI=1S/C21H16N6O3S2/c1-12-10-13(2)25-19-16(12)17-18(31-19)20(28)27(11-24-17)14-4-6-15(7-5-14)32(29,30)26-21-22-8-3-9-23-21/h3-11H,1-2H3,(H,22,23,26). The molecule has 160 valence electrons. The molecule has 0 atom stereocenters. The molecule has 4 heterocycles. The molecule has 0 unspecified atom stereocenters. The highest BCUT2D eigenvalue weighted by Gasteiger charge is 2.18. The van der Waals surface area contributed by atoms with Crippen molar-refractivity contribution in [1.82, 2.24) is 24.5 Å². The molecule has 0 saturated carbocycles. The Hall–Kier alpha value is -3.70. The van der Waals surface area contributed by atoms with Crippen LogP contribution in [-0.2, 0) is 10.0 Å². The molecule has 0 saturated heterocycles. The number of hydrogen-bond acceptors (Lipinski definition) is 8. The second-order valence-corrected chi connectivity index (χ2v) is 9.81. The molecule has 11 heteroatoms. The number of pyridine rings is 1. The molecule has 0 aliphatic carbocycles. The number of thiophene rings is 1. The molecule has 0 aliphatic rings. The first-order valence-corrected chi connectivity index (χ1v) is 11.8. The van der Waals surface area contributed by atoms with Gasteiger partial charge < -0.3 is 0 Å². The molecule has 32 heavy (non-hydrogen) atoms. The topological polar surface area (TPSA) is 120 Å². The van der Waals surface area contributed by atoms with Crippen molar-refractivity contribution in [2.24, 2.45) is 0 Å². The summed E-state index contributed by atoms with van der Waals surface area (Å²) in [4.78, 5) is 30.7. The molecular formula is C21H16N6O3S2. The Labute approximate surface area is 186 Å². The Morgan fingerprint density at radius 2 is 1.75 bits per heavy atom. The van der Waals surface area contributed by atoms with E-state index in [4.69, 9.17) is 0 Å². The van der Waals surface area contributed by atoms with Crippen LogP contribution in [0.5, 0.6) is 0 Å². The predicted molar refractivity (Wildman–Crippen MR) is 123 cm³/mol. The number of rotatable bonds is 4. The summed E-state index contributed by atoms with van der Waals surface area (Å²) < 4.78 is 29.4. The average molecular weight is 465 g/mol. The zero-order valence-electron chi connectivity index (χ0n) is 17.0. The van der Waals surface area contributed by atoms with E-state index in [-0.39, 0.29) is 16.4 Å². The molecule has 0 bridgehead atoms. The predicted octanol–water partition coefficient (Wildman–Crippen LogP) is 3.20. The van der Waals surface area contributed by atoms with Crippen LogP contribution < -0.4 is 10.3 Å². The molecule has 1 N–H and O–H groups in total. The third kappa shape index (κ3) is 3.41. The van der Waals surface area contributed by atoms with Crippen molar-refractivity contribution < 1.29 is 8.42 Å². The van der Waals surface area contributed by atoms with Gasteiger partial charge in [0.1, 0.15) is 15.9 Å². The number of nitrogens with one attached hydrogen (secondary N) is 1. The fourth-order valence-corrected chi connectivity index (χ4v) is 5.61. The minimum Gasteiger partial charge on any atom is -0.267 e. The van der Waals surface area contributed by atoms with E-state index < -0.39 is 10.0 Å². The number of benzene rings is 1. The van der Waals surface area contributed by atoms with Gasteiger partial charge in [-0.25, -0.2) is 33.1 Å². The van der Waals surface area contributed by atoms with Gasteiger partial charge in [0.05, 0.1) is 16.1 Å². The molecule has 0 fully saturated rings. The van der Waals surface area contributed by atoms with Crippen molar-refractivity contribution in [3.05, 3.63) is 76.7 Å². The molecule has 0 spiro atoms. The Morgan fingerprint density at radius 1 is 1.03 bits per heavy atom. The summed E-state index contributed by atoms with van der Waals surface area (Å²) in [5.74, 6) is -0.0219. The highest BCUT2D eigenvalue weighted by atomic mass is 32.2. The van der Waals surface area contributed by atoms with Crippen LogP contribution in [0.1, 0.15) is 11.3 Å². The lowest BCUT2D eigenvalue weighted by atomic mass is 10.1. The first-order chi connectivity index (χ1) is 15.3. The number of anilines is 1. The largest absolute Gasteiger partial charge is 0.275 e. The average Bonchev–Trinajstić information content (AvgIpc) is 3.14. The lowest BCUT2D eigenvalue weighted by Gasteiger charge is -2.08. The van der Waals surface area contributed by atoms with E-state index in [1.54, 1.807) is 18.2 Å². The van der Waals surface area contributed by atoms with Crippen molar-refractivity contribution in [2.45, 2.75) is 18.7 Å². The number of aromatic nitrogens is 5. The van der Waals surface area contributed by atoms with E-state index in [0.29, 0.717) is 15.9 Å². The summed E-state index contributed by atoms with van der Waals surface area (Å²) in [5, 5.41) is 0.885. The summed E-state index contributed by atoms with van der Waals surface area (Å²) in [6, 6.07) is 9.49. The second kappa shape index (κ2) is 7.46. The third-order valence-corrected chi connectivity index (χ3v) is 7.30. The summed E-state index contributed by atoms with van der Waals surface area (Å²) in [6.07, 6.45) is 4.33. The van der Waals surface area contributed by atoms with Crippen molar-refractivity contribution in [3.63, 3.8) is 0 Å². The van der Waals surface area contributed by atoms with E-state index in [9.17, 15) is 13.2 Å². The van der Waals surface area contributed by atoms with Crippen LogP contribution in [0.2, 0.25) is 0 Å². The van der Waals surface area contributed by atoms with Gasteiger partial charge in [0, 0.05) is 23.5 Å². The van der Waals surface area contributed by atoms with Gasteiger partial charge in [-0.2, -0.15) is 0 Å². The monoisotopic (exact) mass is 464 g/mol. The number of hydrogen-bond donors (Lipinski definition) is 1. The Kier molecular flexibility index (Phi) is 4.72. The van der Waals surface area contributed by atoms with Crippen LogP contribution >= 0.6 is 11.3 Å². The van der Waals surface area contributed by atoms with Crippen LogP contribution in [0.15, 0.2) is 64.8 Å². The van der Waals surface area contributed by atoms with Crippen LogP contribution in [0.4, 0.5) is 5.95 Å². The number of aryl methyl sites for hydroxylation is 2. The number of sulfonamides is 1. The van der Waals surface area contributed by atoms with Crippen LogP contribution in [0, 0.1) is 13.8 Å². The van der Waals surface area contributed by atoms with Crippen molar-refractivity contribution in [3.8, 4) is 5.69 Å². The maximum atomic E-state index is 13.2. The molecule has 4 aromatic heterocycles. The zero-order valence-corrected chi connectivity index (χ0v) is 18.6.